The summed E-state index contributed by atoms with van der Waals surface area (Å²) in [6, 6.07) is 8.83. The van der Waals surface area contributed by atoms with Crippen molar-refractivity contribution in [3.05, 3.63) is 47.7 Å². The second-order valence-corrected chi connectivity index (χ2v) is 6.33. The molecule has 2 aromatic rings. The Morgan fingerprint density at radius 2 is 2.32 bits per heavy atom. The molecule has 0 radical (unpaired) electrons. The van der Waals surface area contributed by atoms with Gasteiger partial charge in [-0.05, 0) is 31.9 Å². The molecule has 0 saturated heterocycles. The summed E-state index contributed by atoms with van der Waals surface area (Å²) < 4.78 is 5.54. The first-order chi connectivity index (χ1) is 9.22. The predicted octanol–water partition coefficient (Wildman–Crippen LogP) is 3.35. The molecular weight excluding hydrogens is 256 g/mol. The van der Waals surface area contributed by atoms with Gasteiger partial charge in [0.05, 0.1) is 12.2 Å². The van der Waals surface area contributed by atoms with Gasteiger partial charge in [0.15, 0.2) is 0 Å². The number of aryl methyl sites for hydroxylation is 1. The van der Waals surface area contributed by atoms with E-state index in [1.165, 1.54) is 10.5 Å². The Hall–Kier alpha value is -1.26. The average Bonchev–Trinajstić information content (AvgIpc) is 3.01. The normalized spacial score (nSPS) is 19.4. The fourth-order valence-corrected chi connectivity index (χ4v) is 3.60. The third-order valence-electron chi connectivity index (χ3n) is 3.38. The fraction of sp³-hybridized carbons (Fsp3) is 0.400. The lowest BCUT2D eigenvalue weighted by Gasteiger charge is -2.14. The van der Waals surface area contributed by atoms with Gasteiger partial charge in [-0.15, -0.1) is 11.8 Å². The molecule has 3 rings (SSSR count). The van der Waals surface area contributed by atoms with E-state index in [0.29, 0.717) is 5.25 Å². The van der Waals surface area contributed by atoms with Crippen LogP contribution in [0.2, 0.25) is 0 Å². The van der Waals surface area contributed by atoms with Crippen molar-refractivity contribution in [1.29, 1.82) is 0 Å². The Morgan fingerprint density at radius 3 is 3.05 bits per heavy atom. The number of fused-ring (bicyclic) bond motifs is 1. The van der Waals surface area contributed by atoms with Crippen LogP contribution in [0, 0.1) is 6.92 Å². The van der Waals surface area contributed by atoms with Crippen molar-refractivity contribution >= 4 is 11.8 Å². The fourth-order valence-electron chi connectivity index (χ4n) is 2.34. The number of benzene rings is 1. The number of hydrogen-bond donors (Lipinski definition) is 1. The van der Waals surface area contributed by atoms with Gasteiger partial charge in [-0.1, -0.05) is 18.2 Å². The molecule has 2 heterocycles. The maximum Gasteiger partial charge on any atom is 0.211 e. The first-order valence-corrected chi connectivity index (χ1v) is 7.50. The van der Waals surface area contributed by atoms with Crippen LogP contribution in [0.5, 0.6) is 0 Å². The van der Waals surface area contributed by atoms with Gasteiger partial charge in [-0.25, -0.2) is 4.98 Å². The second kappa shape index (κ2) is 5.39. The molecule has 0 aliphatic carbocycles. The average molecular weight is 274 g/mol. The first-order valence-electron chi connectivity index (χ1n) is 6.62. The summed E-state index contributed by atoms with van der Waals surface area (Å²) in [6.45, 7) is 4.99. The standard InChI is InChI=1S/C15H18N2OS/c1-10-8-17-15(18-10)11(2)16-9-13-7-12-5-3-4-6-14(12)19-13/h3-6,8,11,13,16H,7,9H2,1-2H3. The maximum absolute atomic E-state index is 5.54. The minimum atomic E-state index is 0.165. The minimum absolute atomic E-state index is 0.165. The summed E-state index contributed by atoms with van der Waals surface area (Å²) in [6.07, 6.45) is 2.92. The lowest BCUT2D eigenvalue weighted by Crippen LogP contribution is -2.27. The maximum atomic E-state index is 5.54. The summed E-state index contributed by atoms with van der Waals surface area (Å²) in [5.41, 5.74) is 1.47. The number of aromatic nitrogens is 1. The quantitative estimate of drug-likeness (QED) is 0.928. The number of hydrogen-bond acceptors (Lipinski definition) is 4. The Kier molecular flexibility index (Phi) is 3.62. The number of thioether (sulfide) groups is 1. The van der Waals surface area contributed by atoms with Crippen LogP contribution >= 0.6 is 11.8 Å². The van der Waals surface area contributed by atoms with E-state index in [9.17, 15) is 0 Å². The zero-order valence-electron chi connectivity index (χ0n) is 11.2. The topological polar surface area (TPSA) is 38.1 Å². The molecule has 0 saturated carbocycles. The van der Waals surface area contributed by atoms with E-state index >= 15 is 0 Å². The van der Waals surface area contributed by atoms with E-state index in [-0.39, 0.29) is 6.04 Å². The zero-order chi connectivity index (χ0) is 13.2. The molecule has 100 valence electrons. The van der Waals surface area contributed by atoms with Gasteiger partial charge in [-0.3, -0.25) is 0 Å². The van der Waals surface area contributed by atoms with E-state index in [4.69, 9.17) is 4.42 Å². The molecule has 3 nitrogen and oxygen atoms in total. The van der Waals surface area contributed by atoms with Crippen molar-refractivity contribution in [3.8, 4) is 0 Å². The second-order valence-electron chi connectivity index (χ2n) is 4.99. The van der Waals surface area contributed by atoms with Crippen LogP contribution in [-0.2, 0) is 6.42 Å². The van der Waals surface area contributed by atoms with Gasteiger partial charge >= 0.3 is 0 Å². The van der Waals surface area contributed by atoms with E-state index < -0.39 is 0 Å². The molecule has 0 fully saturated rings. The van der Waals surface area contributed by atoms with Crippen molar-refractivity contribution in [1.82, 2.24) is 10.3 Å². The zero-order valence-corrected chi connectivity index (χ0v) is 12.0. The third-order valence-corrected chi connectivity index (χ3v) is 4.69. The van der Waals surface area contributed by atoms with Crippen LogP contribution in [0.3, 0.4) is 0 Å². The highest BCUT2D eigenvalue weighted by molar-refractivity contribution is 8.00. The lowest BCUT2D eigenvalue weighted by atomic mass is 10.1. The molecule has 0 amide bonds. The van der Waals surface area contributed by atoms with Crippen molar-refractivity contribution in [3.63, 3.8) is 0 Å². The molecule has 2 unspecified atom stereocenters. The molecule has 1 aliphatic heterocycles. The summed E-state index contributed by atoms with van der Waals surface area (Å²) in [5, 5.41) is 4.12. The van der Waals surface area contributed by atoms with Crippen molar-refractivity contribution < 1.29 is 4.42 Å². The Balaban J connectivity index is 1.54. The van der Waals surface area contributed by atoms with Gasteiger partial charge in [0.25, 0.3) is 0 Å². The third kappa shape index (κ3) is 2.85. The monoisotopic (exact) mass is 274 g/mol. The number of oxazole rings is 1. The molecule has 2 atom stereocenters. The van der Waals surface area contributed by atoms with Gasteiger partial charge in [0.1, 0.15) is 5.76 Å². The molecule has 1 aromatic heterocycles. The van der Waals surface area contributed by atoms with Gasteiger partial charge < -0.3 is 9.73 Å². The van der Waals surface area contributed by atoms with E-state index in [0.717, 1.165) is 24.6 Å². The van der Waals surface area contributed by atoms with Crippen molar-refractivity contribution in [2.45, 2.75) is 36.5 Å². The van der Waals surface area contributed by atoms with Crippen molar-refractivity contribution in [2.24, 2.45) is 0 Å². The van der Waals surface area contributed by atoms with Crippen LogP contribution in [0.1, 0.15) is 30.2 Å². The highest BCUT2D eigenvalue weighted by Crippen LogP contribution is 2.36. The summed E-state index contributed by atoms with van der Waals surface area (Å²) in [7, 11) is 0. The van der Waals surface area contributed by atoms with Crippen LogP contribution in [-0.4, -0.2) is 16.8 Å². The van der Waals surface area contributed by atoms with E-state index in [2.05, 4.69) is 41.5 Å². The molecular formula is C15H18N2OS. The summed E-state index contributed by atoms with van der Waals surface area (Å²) >= 11 is 1.97. The van der Waals surface area contributed by atoms with Crippen LogP contribution in [0.15, 0.2) is 39.8 Å². The molecule has 4 heteroatoms. The molecule has 19 heavy (non-hydrogen) atoms. The van der Waals surface area contributed by atoms with Crippen LogP contribution in [0.25, 0.3) is 0 Å². The molecule has 0 bridgehead atoms. The Morgan fingerprint density at radius 1 is 1.47 bits per heavy atom. The molecule has 1 aliphatic rings. The predicted molar refractivity (Wildman–Crippen MR) is 77.4 cm³/mol. The van der Waals surface area contributed by atoms with E-state index in [1.807, 2.05) is 18.7 Å². The van der Waals surface area contributed by atoms with Gasteiger partial charge in [0, 0.05) is 16.7 Å². The van der Waals surface area contributed by atoms with Crippen molar-refractivity contribution in [2.75, 3.05) is 6.54 Å². The van der Waals surface area contributed by atoms with Gasteiger partial charge in [-0.2, -0.15) is 0 Å². The van der Waals surface area contributed by atoms with Crippen LogP contribution in [0.4, 0.5) is 0 Å². The van der Waals surface area contributed by atoms with Crippen LogP contribution < -0.4 is 5.32 Å². The lowest BCUT2D eigenvalue weighted by molar-refractivity contribution is 0.403. The number of nitrogens with one attached hydrogen (secondary N) is 1. The Bertz CT molecular complexity index is 542. The summed E-state index contributed by atoms with van der Waals surface area (Å²) in [5.74, 6) is 1.64. The highest BCUT2D eigenvalue weighted by Gasteiger charge is 2.22. The molecule has 0 spiro atoms. The minimum Gasteiger partial charge on any atom is -0.444 e. The van der Waals surface area contributed by atoms with Gasteiger partial charge in [0.2, 0.25) is 5.89 Å². The molecule has 1 N–H and O–H groups in total. The SMILES string of the molecule is Cc1cnc(C(C)NCC2Cc3ccccc3S2)o1. The van der Waals surface area contributed by atoms with E-state index in [1.54, 1.807) is 6.20 Å². The largest absolute Gasteiger partial charge is 0.444 e. The smallest absolute Gasteiger partial charge is 0.211 e. The number of rotatable bonds is 4. The highest BCUT2D eigenvalue weighted by atomic mass is 32.2. The Labute approximate surface area is 117 Å². The molecule has 1 aromatic carbocycles. The summed E-state index contributed by atoms with van der Waals surface area (Å²) in [4.78, 5) is 5.69. The first kappa shape index (κ1) is 12.8. The number of nitrogens with zero attached hydrogens (tertiary/aromatic N) is 1.